The van der Waals surface area contributed by atoms with Gasteiger partial charge in [0, 0.05) is 41.7 Å². The van der Waals surface area contributed by atoms with E-state index in [-0.39, 0.29) is 29.3 Å². The van der Waals surface area contributed by atoms with Crippen LogP contribution in [0.25, 0.3) is 0 Å². The van der Waals surface area contributed by atoms with Crippen molar-refractivity contribution < 1.29 is 18.7 Å². The lowest BCUT2D eigenvalue weighted by molar-refractivity contribution is 0.0267. The molecule has 39 heavy (non-hydrogen) atoms. The molecule has 3 unspecified atom stereocenters. The molecule has 1 aliphatic carbocycles. The summed E-state index contributed by atoms with van der Waals surface area (Å²) in [4.78, 5) is 15.0. The van der Waals surface area contributed by atoms with Gasteiger partial charge in [-0.15, -0.1) is 0 Å². The summed E-state index contributed by atoms with van der Waals surface area (Å²) >= 11 is 0. The third-order valence-electron chi connectivity index (χ3n) is 7.74. The SMILES string of the molecule is Cc1cc(Nc2ccc(F)cc2)c(C=N)cc1C12CC(Oc3ccccc3)CC1CN(C(=O)OC(C)(C)C)C2. The largest absolute Gasteiger partial charge is 0.490 e. The van der Waals surface area contributed by atoms with Crippen molar-refractivity contribution in [3.8, 4) is 5.75 Å². The van der Waals surface area contributed by atoms with Crippen molar-refractivity contribution in [3.05, 3.63) is 89.2 Å². The third-order valence-corrected chi connectivity index (χ3v) is 7.74. The van der Waals surface area contributed by atoms with Crippen molar-refractivity contribution in [3.63, 3.8) is 0 Å². The summed E-state index contributed by atoms with van der Waals surface area (Å²) in [6, 6.07) is 20.2. The summed E-state index contributed by atoms with van der Waals surface area (Å²) in [5.41, 5.74) is 3.56. The van der Waals surface area contributed by atoms with Gasteiger partial charge in [0.1, 0.15) is 17.2 Å². The highest BCUT2D eigenvalue weighted by molar-refractivity contribution is 5.88. The molecule has 0 spiro atoms. The van der Waals surface area contributed by atoms with E-state index in [2.05, 4.69) is 18.3 Å². The van der Waals surface area contributed by atoms with Crippen LogP contribution in [0.3, 0.4) is 0 Å². The molecule has 1 saturated heterocycles. The molecule has 0 radical (unpaired) electrons. The van der Waals surface area contributed by atoms with E-state index in [4.69, 9.17) is 14.9 Å². The standard InChI is InChI=1S/C32H36FN3O3/c1-21-14-29(35-25-12-10-24(33)11-13-25)22(18-34)15-28(21)32-17-27(38-26-8-6-5-7-9-26)16-23(32)19-36(20-32)30(37)39-31(2,3)4/h5-15,18,23,27,34-35H,16-17,19-20H2,1-4H3. The number of likely N-dealkylation sites (tertiary alicyclic amines) is 1. The van der Waals surface area contributed by atoms with Crippen LogP contribution < -0.4 is 10.1 Å². The van der Waals surface area contributed by atoms with Crippen molar-refractivity contribution in [2.75, 3.05) is 18.4 Å². The Hall–Kier alpha value is -3.87. The van der Waals surface area contributed by atoms with Crippen LogP contribution >= 0.6 is 0 Å². The molecule has 2 N–H and O–H groups in total. The Bertz CT molecular complexity index is 1350. The van der Waals surface area contributed by atoms with Crippen LogP contribution in [0.5, 0.6) is 5.75 Å². The van der Waals surface area contributed by atoms with Gasteiger partial charge in [-0.2, -0.15) is 0 Å². The summed E-state index contributed by atoms with van der Waals surface area (Å²) in [5, 5.41) is 11.5. The summed E-state index contributed by atoms with van der Waals surface area (Å²) in [7, 11) is 0. The van der Waals surface area contributed by atoms with E-state index in [1.54, 1.807) is 12.1 Å². The molecule has 0 aromatic heterocycles. The highest BCUT2D eigenvalue weighted by atomic mass is 19.1. The molecule has 3 atom stereocenters. The lowest BCUT2D eigenvalue weighted by atomic mass is 9.72. The molecule has 3 aromatic rings. The average molecular weight is 530 g/mol. The van der Waals surface area contributed by atoms with Gasteiger partial charge in [-0.3, -0.25) is 0 Å². The molecule has 7 heteroatoms. The molecule has 204 valence electrons. The number of hydrogen-bond donors (Lipinski definition) is 2. The number of carbonyl (C=O) groups is 1. The average Bonchev–Trinajstić information content (AvgIpc) is 3.40. The predicted octanol–water partition coefficient (Wildman–Crippen LogP) is 7.22. The molecule has 3 aromatic carbocycles. The minimum Gasteiger partial charge on any atom is -0.490 e. The zero-order chi connectivity index (χ0) is 27.8. The van der Waals surface area contributed by atoms with Crippen molar-refractivity contribution in [2.24, 2.45) is 5.92 Å². The molecular weight excluding hydrogens is 493 g/mol. The number of fused-ring (bicyclic) bond motifs is 1. The van der Waals surface area contributed by atoms with Gasteiger partial charge in [0.2, 0.25) is 0 Å². The maximum atomic E-state index is 13.4. The number of hydrogen-bond acceptors (Lipinski definition) is 5. The van der Waals surface area contributed by atoms with Crippen LogP contribution in [0, 0.1) is 24.1 Å². The zero-order valence-electron chi connectivity index (χ0n) is 23.0. The molecule has 5 rings (SSSR count). The fourth-order valence-corrected chi connectivity index (χ4v) is 6.15. The second kappa shape index (κ2) is 10.4. The van der Waals surface area contributed by atoms with E-state index in [1.807, 2.05) is 62.1 Å². The van der Waals surface area contributed by atoms with Gasteiger partial charge in [-0.25, -0.2) is 9.18 Å². The predicted molar refractivity (Wildman–Crippen MR) is 152 cm³/mol. The van der Waals surface area contributed by atoms with Crippen LogP contribution in [0.1, 0.15) is 50.3 Å². The maximum absolute atomic E-state index is 13.4. The van der Waals surface area contributed by atoms with Crippen LogP contribution in [0.15, 0.2) is 66.7 Å². The van der Waals surface area contributed by atoms with E-state index >= 15 is 0 Å². The highest BCUT2D eigenvalue weighted by Gasteiger charge is 2.56. The molecule has 1 heterocycles. The summed E-state index contributed by atoms with van der Waals surface area (Å²) in [6.07, 6.45) is 2.64. The Labute approximate surface area is 229 Å². The van der Waals surface area contributed by atoms with E-state index in [0.29, 0.717) is 13.1 Å². The smallest absolute Gasteiger partial charge is 0.410 e. The second-order valence-electron chi connectivity index (χ2n) is 11.7. The number of amides is 1. The van der Waals surface area contributed by atoms with Crippen LogP contribution in [0.2, 0.25) is 0 Å². The fraction of sp³-hybridized carbons (Fsp3) is 0.375. The number of halogens is 1. The normalized spacial score (nSPS) is 22.3. The van der Waals surface area contributed by atoms with Crippen molar-refractivity contribution in [1.29, 1.82) is 5.41 Å². The van der Waals surface area contributed by atoms with E-state index in [9.17, 15) is 9.18 Å². The maximum Gasteiger partial charge on any atom is 0.410 e. The number of nitrogens with one attached hydrogen (secondary N) is 2. The third kappa shape index (κ3) is 5.63. The highest BCUT2D eigenvalue weighted by Crippen LogP contribution is 2.53. The van der Waals surface area contributed by atoms with Gasteiger partial charge in [-0.05, 0) is 106 Å². The van der Waals surface area contributed by atoms with E-state index < -0.39 is 5.60 Å². The lowest BCUT2D eigenvalue weighted by Crippen LogP contribution is -2.39. The first-order chi connectivity index (χ1) is 18.6. The van der Waals surface area contributed by atoms with E-state index in [1.165, 1.54) is 18.3 Å². The zero-order valence-corrected chi connectivity index (χ0v) is 23.0. The fourth-order valence-electron chi connectivity index (χ4n) is 6.15. The minimum atomic E-state index is -0.572. The molecule has 1 aliphatic heterocycles. The summed E-state index contributed by atoms with van der Waals surface area (Å²) in [6.45, 7) is 8.85. The molecule has 2 fully saturated rings. The van der Waals surface area contributed by atoms with Crippen molar-refractivity contribution in [1.82, 2.24) is 4.90 Å². The van der Waals surface area contributed by atoms with Gasteiger partial charge in [-0.1, -0.05) is 18.2 Å². The number of benzene rings is 3. The first kappa shape index (κ1) is 26.7. The Morgan fingerprint density at radius 1 is 1.13 bits per heavy atom. The number of ether oxygens (including phenoxy) is 2. The Morgan fingerprint density at radius 3 is 2.51 bits per heavy atom. The molecule has 1 saturated carbocycles. The Kier molecular flexibility index (Phi) is 7.10. The quantitative estimate of drug-likeness (QED) is 0.331. The van der Waals surface area contributed by atoms with E-state index in [0.717, 1.165) is 46.7 Å². The van der Waals surface area contributed by atoms with Crippen LogP contribution in [-0.2, 0) is 10.2 Å². The van der Waals surface area contributed by atoms with Gasteiger partial charge < -0.3 is 25.1 Å². The molecule has 2 aliphatic rings. The van der Waals surface area contributed by atoms with Gasteiger partial charge in [0.05, 0.1) is 6.10 Å². The number of rotatable bonds is 6. The molecule has 0 bridgehead atoms. The molecule has 6 nitrogen and oxygen atoms in total. The summed E-state index contributed by atoms with van der Waals surface area (Å²) < 4.78 is 25.6. The first-order valence-corrected chi connectivity index (χ1v) is 13.4. The van der Waals surface area contributed by atoms with Crippen molar-refractivity contribution in [2.45, 2.75) is 57.7 Å². The Morgan fingerprint density at radius 2 is 1.85 bits per heavy atom. The molecule has 1 amide bonds. The van der Waals surface area contributed by atoms with Gasteiger partial charge in [0.25, 0.3) is 0 Å². The van der Waals surface area contributed by atoms with Gasteiger partial charge >= 0.3 is 6.09 Å². The summed E-state index contributed by atoms with van der Waals surface area (Å²) in [5.74, 6) is 0.734. The number of nitrogens with zero attached hydrogens (tertiary/aromatic N) is 1. The number of aryl methyl sites for hydroxylation is 1. The van der Waals surface area contributed by atoms with Crippen molar-refractivity contribution >= 4 is 23.7 Å². The first-order valence-electron chi connectivity index (χ1n) is 13.4. The monoisotopic (exact) mass is 529 g/mol. The molecular formula is C32H36FN3O3. The van der Waals surface area contributed by atoms with Crippen LogP contribution in [-0.4, -0.2) is 42.0 Å². The Balaban J connectivity index is 1.49. The number of para-hydroxylation sites is 1. The number of anilines is 2. The topological polar surface area (TPSA) is 74.7 Å². The van der Waals surface area contributed by atoms with Gasteiger partial charge in [0.15, 0.2) is 0 Å². The minimum absolute atomic E-state index is 0.0121. The number of carbonyl (C=O) groups excluding carboxylic acids is 1. The second-order valence-corrected chi connectivity index (χ2v) is 11.7. The lowest BCUT2D eigenvalue weighted by Gasteiger charge is -2.33. The van der Waals surface area contributed by atoms with Crippen LogP contribution in [0.4, 0.5) is 20.6 Å².